The van der Waals surface area contributed by atoms with Crippen LogP contribution in [0.2, 0.25) is 0 Å². The van der Waals surface area contributed by atoms with Gasteiger partial charge in [-0.05, 0) is 30.5 Å². The van der Waals surface area contributed by atoms with Gasteiger partial charge in [0.2, 0.25) is 0 Å². The first-order valence-corrected chi connectivity index (χ1v) is 10.3. The van der Waals surface area contributed by atoms with Crippen LogP contribution in [-0.2, 0) is 6.42 Å². The predicted molar refractivity (Wildman–Crippen MR) is 112 cm³/mol. The second-order valence-electron chi connectivity index (χ2n) is 6.76. The monoisotopic (exact) mass is 380 g/mol. The smallest absolute Gasteiger partial charge is 0.317 e. The predicted octanol–water partition coefficient (Wildman–Crippen LogP) is 3.76. The van der Waals surface area contributed by atoms with Crippen LogP contribution < -0.4 is 10.2 Å². The van der Waals surface area contributed by atoms with E-state index in [-0.39, 0.29) is 6.03 Å². The first-order chi connectivity index (χ1) is 13.3. The van der Waals surface area contributed by atoms with Crippen molar-refractivity contribution in [2.24, 2.45) is 0 Å². The van der Waals surface area contributed by atoms with Gasteiger partial charge in [0.1, 0.15) is 0 Å². The van der Waals surface area contributed by atoms with Gasteiger partial charge in [-0.3, -0.25) is 0 Å². The Morgan fingerprint density at radius 1 is 1.00 bits per heavy atom. The lowest BCUT2D eigenvalue weighted by Gasteiger charge is -2.34. The Morgan fingerprint density at radius 2 is 1.74 bits per heavy atom. The van der Waals surface area contributed by atoms with Gasteiger partial charge in [-0.15, -0.1) is 0 Å². The van der Waals surface area contributed by atoms with Gasteiger partial charge in [0, 0.05) is 32.7 Å². The van der Waals surface area contributed by atoms with Crippen molar-refractivity contribution in [1.82, 2.24) is 15.2 Å². The van der Waals surface area contributed by atoms with Crippen molar-refractivity contribution in [3.63, 3.8) is 0 Å². The van der Waals surface area contributed by atoms with E-state index in [9.17, 15) is 4.79 Å². The summed E-state index contributed by atoms with van der Waals surface area (Å²) in [5.74, 6) is 0. The number of nitrogens with zero attached hydrogens (tertiary/aromatic N) is 3. The van der Waals surface area contributed by atoms with Crippen molar-refractivity contribution in [3.05, 3.63) is 60.2 Å². The zero-order valence-electron chi connectivity index (χ0n) is 15.3. The van der Waals surface area contributed by atoms with Gasteiger partial charge < -0.3 is 15.1 Å². The van der Waals surface area contributed by atoms with Gasteiger partial charge in [0.05, 0.1) is 10.2 Å². The number of piperazine rings is 1. The van der Waals surface area contributed by atoms with E-state index >= 15 is 0 Å². The minimum absolute atomic E-state index is 0.0482. The van der Waals surface area contributed by atoms with Crippen LogP contribution in [0.5, 0.6) is 0 Å². The molecule has 0 atom stereocenters. The molecule has 0 unspecified atom stereocenters. The van der Waals surface area contributed by atoms with Crippen LogP contribution in [0.15, 0.2) is 54.6 Å². The fourth-order valence-corrected chi connectivity index (χ4v) is 4.36. The van der Waals surface area contributed by atoms with Crippen molar-refractivity contribution >= 4 is 32.7 Å². The number of fused-ring (bicyclic) bond motifs is 1. The number of carbonyl (C=O) groups is 1. The van der Waals surface area contributed by atoms with E-state index in [1.807, 2.05) is 23.1 Å². The number of anilines is 1. The van der Waals surface area contributed by atoms with Crippen LogP contribution in [0, 0.1) is 0 Å². The van der Waals surface area contributed by atoms with Crippen LogP contribution >= 0.6 is 11.3 Å². The van der Waals surface area contributed by atoms with Crippen molar-refractivity contribution in [2.75, 3.05) is 37.6 Å². The third-order valence-corrected chi connectivity index (χ3v) is 5.98. The van der Waals surface area contributed by atoms with Gasteiger partial charge in [-0.1, -0.05) is 53.8 Å². The van der Waals surface area contributed by atoms with Crippen molar-refractivity contribution in [2.45, 2.75) is 12.8 Å². The summed E-state index contributed by atoms with van der Waals surface area (Å²) >= 11 is 1.72. The van der Waals surface area contributed by atoms with E-state index < -0.39 is 0 Å². The number of hydrogen-bond donors (Lipinski definition) is 1. The Hall–Kier alpha value is -2.60. The zero-order chi connectivity index (χ0) is 18.5. The summed E-state index contributed by atoms with van der Waals surface area (Å²) in [5.41, 5.74) is 2.37. The highest BCUT2D eigenvalue weighted by atomic mass is 32.1. The Kier molecular flexibility index (Phi) is 5.53. The Labute approximate surface area is 163 Å². The minimum Gasteiger partial charge on any atom is -0.345 e. The molecular weight excluding hydrogens is 356 g/mol. The molecule has 27 heavy (non-hydrogen) atoms. The molecular formula is C21H24N4OS. The van der Waals surface area contributed by atoms with Crippen molar-refractivity contribution < 1.29 is 4.79 Å². The molecule has 2 heterocycles. The second kappa shape index (κ2) is 8.39. The second-order valence-corrected chi connectivity index (χ2v) is 7.77. The quantitative estimate of drug-likeness (QED) is 0.686. The van der Waals surface area contributed by atoms with Crippen molar-refractivity contribution in [1.29, 1.82) is 0 Å². The number of nitrogens with one attached hydrogen (secondary N) is 1. The number of benzene rings is 2. The average molecular weight is 381 g/mol. The van der Waals surface area contributed by atoms with Gasteiger partial charge in [0.25, 0.3) is 0 Å². The number of aryl methyl sites for hydroxylation is 1. The van der Waals surface area contributed by atoms with Crippen LogP contribution in [0.25, 0.3) is 10.2 Å². The molecule has 0 saturated carbocycles. The Bertz CT molecular complexity index is 854. The molecule has 1 fully saturated rings. The highest BCUT2D eigenvalue weighted by Gasteiger charge is 2.22. The van der Waals surface area contributed by atoms with Crippen LogP contribution in [0.1, 0.15) is 12.0 Å². The van der Waals surface area contributed by atoms with Crippen molar-refractivity contribution in [3.8, 4) is 0 Å². The van der Waals surface area contributed by atoms with Gasteiger partial charge in [-0.2, -0.15) is 0 Å². The molecule has 6 heteroatoms. The molecule has 1 aliphatic rings. The fourth-order valence-electron chi connectivity index (χ4n) is 3.34. The maximum absolute atomic E-state index is 12.4. The van der Waals surface area contributed by atoms with Gasteiger partial charge in [-0.25, -0.2) is 9.78 Å². The molecule has 140 valence electrons. The average Bonchev–Trinajstić information content (AvgIpc) is 3.16. The topological polar surface area (TPSA) is 48.5 Å². The molecule has 3 aromatic rings. The number of rotatable bonds is 5. The van der Waals surface area contributed by atoms with Crippen LogP contribution in [-0.4, -0.2) is 48.6 Å². The lowest BCUT2D eigenvalue weighted by molar-refractivity contribution is 0.194. The number of amides is 2. The number of carbonyl (C=O) groups excluding carboxylic acids is 1. The number of thiazole rings is 1. The molecule has 1 saturated heterocycles. The lowest BCUT2D eigenvalue weighted by atomic mass is 10.1. The summed E-state index contributed by atoms with van der Waals surface area (Å²) in [7, 11) is 0. The summed E-state index contributed by atoms with van der Waals surface area (Å²) in [6, 6.07) is 18.7. The fraction of sp³-hybridized carbons (Fsp3) is 0.333. The van der Waals surface area contributed by atoms with E-state index in [0.717, 1.165) is 49.7 Å². The molecule has 2 aromatic carbocycles. The first kappa shape index (κ1) is 17.8. The normalized spacial score (nSPS) is 14.5. The molecule has 0 spiro atoms. The molecule has 4 rings (SSSR count). The van der Waals surface area contributed by atoms with E-state index in [2.05, 4.69) is 46.6 Å². The molecule has 1 aromatic heterocycles. The maximum atomic E-state index is 12.4. The highest BCUT2D eigenvalue weighted by molar-refractivity contribution is 7.22. The standard InChI is InChI=1S/C21H24N4OS/c26-20(22-12-6-9-17-7-2-1-3-8-17)24-13-15-25(16-14-24)21-23-18-10-4-5-11-19(18)27-21/h1-5,7-8,10-11H,6,9,12-16H2,(H,22,26). The van der Waals surface area contributed by atoms with E-state index in [1.54, 1.807) is 11.3 Å². The third-order valence-electron chi connectivity index (χ3n) is 4.88. The lowest BCUT2D eigenvalue weighted by Crippen LogP contribution is -2.52. The minimum atomic E-state index is 0.0482. The molecule has 5 nitrogen and oxygen atoms in total. The van der Waals surface area contributed by atoms with Crippen LogP contribution in [0.4, 0.5) is 9.93 Å². The van der Waals surface area contributed by atoms with E-state index in [1.165, 1.54) is 10.3 Å². The first-order valence-electron chi connectivity index (χ1n) is 9.47. The molecule has 1 N–H and O–H groups in total. The van der Waals surface area contributed by atoms with Crippen LogP contribution in [0.3, 0.4) is 0 Å². The summed E-state index contributed by atoms with van der Waals surface area (Å²) in [6.07, 6.45) is 1.95. The van der Waals surface area contributed by atoms with Gasteiger partial charge in [0.15, 0.2) is 5.13 Å². The molecule has 1 aliphatic heterocycles. The summed E-state index contributed by atoms with van der Waals surface area (Å²) < 4.78 is 1.21. The number of para-hydroxylation sites is 1. The molecule has 0 bridgehead atoms. The Balaban J connectivity index is 1.22. The Morgan fingerprint density at radius 3 is 2.52 bits per heavy atom. The number of hydrogen-bond acceptors (Lipinski definition) is 4. The summed E-state index contributed by atoms with van der Waals surface area (Å²) in [4.78, 5) is 21.3. The van der Waals surface area contributed by atoms with Gasteiger partial charge >= 0.3 is 6.03 Å². The maximum Gasteiger partial charge on any atom is 0.317 e. The zero-order valence-corrected chi connectivity index (χ0v) is 16.1. The summed E-state index contributed by atoms with van der Waals surface area (Å²) in [6.45, 7) is 3.85. The SMILES string of the molecule is O=C(NCCCc1ccccc1)N1CCN(c2nc3ccccc3s2)CC1. The largest absolute Gasteiger partial charge is 0.345 e. The summed E-state index contributed by atoms with van der Waals surface area (Å²) in [5, 5.41) is 4.11. The number of urea groups is 1. The highest BCUT2D eigenvalue weighted by Crippen LogP contribution is 2.29. The van der Waals surface area contributed by atoms with E-state index in [0.29, 0.717) is 6.54 Å². The molecule has 0 aliphatic carbocycles. The number of aromatic nitrogens is 1. The van der Waals surface area contributed by atoms with E-state index in [4.69, 9.17) is 4.98 Å². The third kappa shape index (κ3) is 4.39. The molecule has 0 radical (unpaired) electrons. The molecule has 2 amide bonds.